The first-order valence-electron chi connectivity index (χ1n) is 10.2. The second-order valence-electron chi connectivity index (χ2n) is 7.45. The van der Waals surface area contributed by atoms with E-state index in [0.29, 0.717) is 11.1 Å². The van der Waals surface area contributed by atoms with Crippen LogP contribution >= 0.6 is 12.2 Å². The van der Waals surface area contributed by atoms with Crippen molar-refractivity contribution >= 4 is 34.9 Å². The van der Waals surface area contributed by atoms with Crippen molar-refractivity contribution in [3.05, 3.63) is 41.5 Å². The van der Waals surface area contributed by atoms with Crippen molar-refractivity contribution in [3.63, 3.8) is 0 Å². The van der Waals surface area contributed by atoms with Gasteiger partial charge < -0.3 is 20.4 Å². The topological polar surface area (TPSA) is 56.3 Å². The molecule has 6 nitrogen and oxygen atoms in total. The molecule has 4 rings (SSSR count). The molecular weight excluding hydrogens is 368 g/mol. The number of hydrogen-bond donors (Lipinski definition) is 2. The molecule has 1 saturated heterocycles. The van der Waals surface area contributed by atoms with Gasteiger partial charge in [-0.25, -0.2) is 0 Å². The van der Waals surface area contributed by atoms with Crippen molar-refractivity contribution in [2.24, 2.45) is 0 Å². The van der Waals surface area contributed by atoms with E-state index >= 15 is 0 Å². The maximum absolute atomic E-state index is 5.28. The van der Waals surface area contributed by atoms with E-state index in [9.17, 15) is 0 Å². The zero-order valence-corrected chi connectivity index (χ0v) is 17.3. The summed E-state index contributed by atoms with van der Waals surface area (Å²) >= 11 is 5.28. The smallest absolute Gasteiger partial charge is 0.232 e. The predicted octanol–water partition coefficient (Wildman–Crippen LogP) is 3.34. The number of benzene rings is 1. The number of rotatable bonds is 3. The van der Waals surface area contributed by atoms with Gasteiger partial charge in [0.05, 0.1) is 0 Å². The van der Waals surface area contributed by atoms with Crippen LogP contribution in [0.4, 0.5) is 17.6 Å². The zero-order chi connectivity index (χ0) is 19.3. The Hall–Kier alpha value is -2.41. The largest absolute Gasteiger partial charge is 0.365 e. The molecule has 148 valence electrons. The fraction of sp³-hybridized carbons (Fsp3) is 0.476. The van der Waals surface area contributed by atoms with Crippen LogP contribution in [0.5, 0.6) is 0 Å². The maximum atomic E-state index is 5.28. The van der Waals surface area contributed by atoms with Crippen LogP contribution in [0.2, 0.25) is 0 Å². The number of hydrogen-bond acceptors (Lipinski definition) is 5. The molecule has 1 fully saturated rings. The second kappa shape index (κ2) is 8.73. The standard InChI is InChI=1S/C21H28N6S/c1-22-21(28)25-20-23-18(26-11-6-2-3-7-12-26)14-19(24-20)27-13-10-16-8-4-5-9-17(16)15-27/h4-5,8-9,14H,2-3,6-7,10-13,15H2,1H3,(H2,22,23,24,25,28). The molecule has 2 aliphatic heterocycles. The Kier molecular flexibility index (Phi) is 5.90. The molecule has 0 amide bonds. The zero-order valence-electron chi connectivity index (χ0n) is 16.4. The van der Waals surface area contributed by atoms with Crippen molar-refractivity contribution in [3.8, 4) is 0 Å². The third kappa shape index (κ3) is 4.35. The molecule has 7 heteroatoms. The van der Waals surface area contributed by atoms with E-state index in [2.05, 4.69) is 50.8 Å². The van der Waals surface area contributed by atoms with Gasteiger partial charge in [0.1, 0.15) is 11.6 Å². The lowest BCUT2D eigenvalue weighted by atomic mass is 10.00. The molecule has 1 aromatic carbocycles. The molecule has 0 aliphatic carbocycles. The van der Waals surface area contributed by atoms with Crippen LogP contribution in [0, 0.1) is 0 Å². The SMILES string of the molecule is CNC(=S)Nc1nc(N2CCCCCC2)cc(N2CCc3ccccc3C2)n1. The first kappa shape index (κ1) is 18.9. The van der Waals surface area contributed by atoms with Crippen LogP contribution < -0.4 is 20.4 Å². The molecular formula is C21H28N6S. The number of nitrogens with one attached hydrogen (secondary N) is 2. The average Bonchev–Trinajstić information content (AvgIpc) is 3.02. The van der Waals surface area contributed by atoms with Crippen LogP contribution in [0.15, 0.2) is 30.3 Å². The highest BCUT2D eigenvalue weighted by atomic mass is 32.1. The van der Waals surface area contributed by atoms with E-state index < -0.39 is 0 Å². The van der Waals surface area contributed by atoms with Crippen molar-refractivity contribution in [2.75, 3.05) is 41.8 Å². The summed E-state index contributed by atoms with van der Waals surface area (Å²) in [6.07, 6.45) is 6.07. The van der Waals surface area contributed by atoms with Gasteiger partial charge in [-0.3, -0.25) is 0 Å². The van der Waals surface area contributed by atoms with Gasteiger partial charge in [-0.05, 0) is 42.6 Å². The Morgan fingerprint density at radius 3 is 2.32 bits per heavy atom. The summed E-state index contributed by atoms with van der Waals surface area (Å²) in [5.41, 5.74) is 2.82. The number of aromatic nitrogens is 2. The highest BCUT2D eigenvalue weighted by molar-refractivity contribution is 7.80. The van der Waals surface area contributed by atoms with Crippen LogP contribution in [0.3, 0.4) is 0 Å². The van der Waals surface area contributed by atoms with Gasteiger partial charge in [-0.2, -0.15) is 9.97 Å². The van der Waals surface area contributed by atoms with Crippen LogP contribution in [-0.2, 0) is 13.0 Å². The normalized spacial score (nSPS) is 16.9. The minimum absolute atomic E-state index is 0.531. The fourth-order valence-corrected chi connectivity index (χ4v) is 4.05. The van der Waals surface area contributed by atoms with E-state index in [1.807, 2.05) is 0 Å². The monoisotopic (exact) mass is 396 g/mol. The third-order valence-corrected chi connectivity index (χ3v) is 5.84. The maximum Gasteiger partial charge on any atom is 0.232 e. The van der Waals surface area contributed by atoms with E-state index in [0.717, 1.165) is 44.2 Å². The van der Waals surface area contributed by atoms with Crippen molar-refractivity contribution in [1.82, 2.24) is 15.3 Å². The van der Waals surface area contributed by atoms with Crippen LogP contribution in [0.25, 0.3) is 0 Å². The molecule has 2 N–H and O–H groups in total. The second-order valence-corrected chi connectivity index (χ2v) is 7.86. The number of anilines is 3. The van der Waals surface area contributed by atoms with E-state index in [1.165, 1.54) is 36.8 Å². The summed E-state index contributed by atoms with van der Waals surface area (Å²) in [6.45, 7) is 3.94. The molecule has 1 aromatic heterocycles. The Balaban J connectivity index is 1.64. The lowest BCUT2D eigenvalue weighted by molar-refractivity contribution is 0.717. The molecule has 2 aromatic rings. The summed E-state index contributed by atoms with van der Waals surface area (Å²) in [5, 5.41) is 6.61. The first-order chi connectivity index (χ1) is 13.7. The Labute approximate surface area is 172 Å². The Bertz CT molecular complexity index is 831. The van der Waals surface area contributed by atoms with Crippen LogP contribution in [-0.4, -0.2) is 41.8 Å². The van der Waals surface area contributed by atoms with E-state index in [4.69, 9.17) is 22.2 Å². The van der Waals surface area contributed by atoms with Crippen molar-refractivity contribution in [1.29, 1.82) is 0 Å². The fourth-order valence-electron chi connectivity index (χ4n) is 3.96. The predicted molar refractivity (Wildman–Crippen MR) is 119 cm³/mol. The van der Waals surface area contributed by atoms with Gasteiger partial charge in [0.25, 0.3) is 0 Å². The molecule has 0 atom stereocenters. The lowest BCUT2D eigenvalue weighted by Crippen LogP contribution is -2.33. The summed E-state index contributed by atoms with van der Waals surface area (Å²) in [6, 6.07) is 10.8. The summed E-state index contributed by atoms with van der Waals surface area (Å²) in [4.78, 5) is 14.3. The molecule has 0 bridgehead atoms. The average molecular weight is 397 g/mol. The van der Waals surface area contributed by atoms with Crippen LogP contribution in [0.1, 0.15) is 36.8 Å². The van der Waals surface area contributed by atoms with Crippen molar-refractivity contribution in [2.45, 2.75) is 38.6 Å². The molecule has 0 unspecified atom stereocenters. The summed E-state index contributed by atoms with van der Waals surface area (Å²) in [5.74, 6) is 2.52. The first-order valence-corrected chi connectivity index (χ1v) is 10.6. The quantitative estimate of drug-likeness (QED) is 0.772. The minimum Gasteiger partial charge on any atom is -0.365 e. The highest BCUT2D eigenvalue weighted by Crippen LogP contribution is 2.27. The molecule has 3 heterocycles. The number of thiocarbonyl (C=S) groups is 1. The Morgan fingerprint density at radius 1 is 0.929 bits per heavy atom. The molecule has 28 heavy (non-hydrogen) atoms. The lowest BCUT2D eigenvalue weighted by Gasteiger charge is -2.31. The van der Waals surface area contributed by atoms with Gasteiger partial charge in [-0.15, -0.1) is 0 Å². The van der Waals surface area contributed by atoms with E-state index in [-0.39, 0.29) is 0 Å². The third-order valence-electron chi connectivity index (χ3n) is 5.54. The number of fused-ring (bicyclic) bond motifs is 1. The summed E-state index contributed by atoms with van der Waals surface area (Å²) < 4.78 is 0. The molecule has 0 radical (unpaired) electrons. The molecule has 2 aliphatic rings. The van der Waals surface area contributed by atoms with Gasteiger partial charge in [-0.1, -0.05) is 37.1 Å². The molecule has 0 saturated carbocycles. The molecule has 0 spiro atoms. The number of nitrogens with zero attached hydrogens (tertiary/aromatic N) is 4. The van der Waals surface area contributed by atoms with Gasteiger partial charge in [0.15, 0.2) is 5.11 Å². The highest BCUT2D eigenvalue weighted by Gasteiger charge is 2.21. The van der Waals surface area contributed by atoms with E-state index in [1.54, 1.807) is 7.05 Å². The summed E-state index contributed by atoms with van der Waals surface area (Å²) in [7, 11) is 1.80. The van der Waals surface area contributed by atoms with Gasteiger partial charge >= 0.3 is 0 Å². The minimum atomic E-state index is 0.531. The Morgan fingerprint density at radius 2 is 1.61 bits per heavy atom. The van der Waals surface area contributed by atoms with Gasteiger partial charge in [0.2, 0.25) is 5.95 Å². The van der Waals surface area contributed by atoms with Crippen molar-refractivity contribution < 1.29 is 0 Å². The van der Waals surface area contributed by atoms with Gasteiger partial charge in [0, 0.05) is 39.3 Å².